The van der Waals surface area contributed by atoms with Crippen LogP contribution >= 0.6 is 0 Å². The van der Waals surface area contributed by atoms with Crippen LogP contribution in [0.1, 0.15) is 19.0 Å². The van der Waals surface area contributed by atoms with Gasteiger partial charge in [-0.2, -0.15) is 0 Å². The number of hydrogen-bond acceptors (Lipinski definition) is 4. The maximum absolute atomic E-state index is 9.34. The van der Waals surface area contributed by atoms with Crippen molar-refractivity contribution < 1.29 is 5.11 Å². The monoisotopic (exact) mass is 184 g/mol. The van der Waals surface area contributed by atoms with Crippen molar-refractivity contribution in [1.82, 2.24) is 15.0 Å². The Morgan fingerprint density at radius 2 is 2.46 bits per heavy atom. The summed E-state index contributed by atoms with van der Waals surface area (Å²) in [7, 11) is 0. The summed E-state index contributed by atoms with van der Waals surface area (Å²) in [5.74, 6) is 0. The van der Waals surface area contributed by atoms with Crippen LogP contribution in [0.4, 0.5) is 0 Å². The Balaban J connectivity index is 2.48. The topological polar surface area (TPSA) is 77.0 Å². The van der Waals surface area contributed by atoms with Crippen LogP contribution in [0, 0.1) is 0 Å². The van der Waals surface area contributed by atoms with Gasteiger partial charge in [-0.25, -0.2) is 4.68 Å². The molecule has 1 aromatic heterocycles. The van der Waals surface area contributed by atoms with Gasteiger partial charge in [0.05, 0.1) is 18.3 Å². The lowest BCUT2D eigenvalue weighted by Crippen LogP contribution is -2.15. The summed E-state index contributed by atoms with van der Waals surface area (Å²) in [5, 5.41) is 17.1. The number of aromatic nitrogens is 3. The van der Waals surface area contributed by atoms with E-state index >= 15 is 0 Å². The van der Waals surface area contributed by atoms with Gasteiger partial charge in [-0.3, -0.25) is 0 Å². The predicted octanol–water partition coefficient (Wildman–Crippen LogP) is -0.450. The third-order valence-electron chi connectivity index (χ3n) is 1.86. The van der Waals surface area contributed by atoms with E-state index in [0.29, 0.717) is 13.1 Å². The number of nitrogens with two attached hydrogens (primary N) is 1. The molecule has 0 saturated carbocycles. The van der Waals surface area contributed by atoms with Crippen molar-refractivity contribution in [3.8, 4) is 0 Å². The molecule has 1 unspecified atom stereocenters. The molecule has 1 aromatic rings. The highest BCUT2D eigenvalue weighted by atomic mass is 16.3. The standard InChI is InChI=1S/C8H16N4O/c1-2-8(13)6-12-5-7(3-4-9)10-11-12/h5,8,13H,2-4,6,9H2,1H3. The van der Waals surface area contributed by atoms with Crippen molar-refractivity contribution in [2.75, 3.05) is 6.54 Å². The summed E-state index contributed by atoms with van der Waals surface area (Å²) in [6, 6.07) is 0. The van der Waals surface area contributed by atoms with Crippen LogP contribution in [-0.4, -0.2) is 32.7 Å². The molecule has 0 amide bonds. The van der Waals surface area contributed by atoms with E-state index in [4.69, 9.17) is 5.73 Å². The summed E-state index contributed by atoms with van der Waals surface area (Å²) in [6.45, 7) is 3.02. The molecule has 74 valence electrons. The third kappa shape index (κ3) is 3.12. The molecule has 1 rings (SSSR count). The van der Waals surface area contributed by atoms with Crippen molar-refractivity contribution in [2.45, 2.75) is 32.4 Å². The van der Waals surface area contributed by atoms with E-state index in [-0.39, 0.29) is 6.10 Å². The van der Waals surface area contributed by atoms with Crippen LogP contribution in [0.25, 0.3) is 0 Å². The van der Waals surface area contributed by atoms with Crippen LogP contribution in [0.5, 0.6) is 0 Å². The van der Waals surface area contributed by atoms with Crippen LogP contribution in [-0.2, 0) is 13.0 Å². The molecule has 0 aliphatic carbocycles. The minimum atomic E-state index is -0.340. The first-order valence-electron chi connectivity index (χ1n) is 4.53. The first-order valence-corrected chi connectivity index (χ1v) is 4.53. The zero-order chi connectivity index (χ0) is 9.68. The minimum absolute atomic E-state index is 0.340. The molecule has 5 heteroatoms. The van der Waals surface area contributed by atoms with Crippen molar-refractivity contribution in [3.05, 3.63) is 11.9 Å². The van der Waals surface area contributed by atoms with E-state index < -0.39 is 0 Å². The molecular formula is C8H16N4O. The Labute approximate surface area is 77.6 Å². The summed E-state index contributed by atoms with van der Waals surface area (Å²) in [4.78, 5) is 0. The summed E-state index contributed by atoms with van der Waals surface area (Å²) >= 11 is 0. The number of rotatable bonds is 5. The quantitative estimate of drug-likeness (QED) is 0.649. The second-order valence-corrected chi connectivity index (χ2v) is 3.03. The molecule has 0 aliphatic heterocycles. The van der Waals surface area contributed by atoms with Gasteiger partial charge in [0.2, 0.25) is 0 Å². The average molecular weight is 184 g/mol. The predicted molar refractivity (Wildman–Crippen MR) is 49.1 cm³/mol. The molecule has 3 N–H and O–H groups in total. The fraction of sp³-hybridized carbons (Fsp3) is 0.750. The number of hydrogen-bond donors (Lipinski definition) is 2. The van der Waals surface area contributed by atoms with E-state index in [1.54, 1.807) is 4.68 Å². The van der Waals surface area contributed by atoms with Gasteiger partial charge in [-0.1, -0.05) is 12.1 Å². The minimum Gasteiger partial charge on any atom is -0.391 e. The first-order chi connectivity index (χ1) is 6.26. The Morgan fingerprint density at radius 3 is 3.08 bits per heavy atom. The smallest absolute Gasteiger partial charge is 0.0839 e. The lowest BCUT2D eigenvalue weighted by molar-refractivity contribution is 0.144. The van der Waals surface area contributed by atoms with E-state index in [9.17, 15) is 5.11 Å². The molecule has 1 atom stereocenters. The molecule has 13 heavy (non-hydrogen) atoms. The lowest BCUT2D eigenvalue weighted by atomic mass is 10.3. The summed E-state index contributed by atoms with van der Waals surface area (Å²) in [5.41, 5.74) is 6.25. The highest BCUT2D eigenvalue weighted by Crippen LogP contribution is 1.97. The largest absolute Gasteiger partial charge is 0.391 e. The normalized spacial score (nSPS) is 13.2. The van der Waals surface area contributed by atoms with Crippen LogP contribution in [0.15, 0.2) is 6.20 Å². The van der Waals surface area contributed by atoms with E-state index in [0.717, 1.165) is 18.5 Å². The third-order valence-corrected chi connectivity index (χ3v) is 1.86. The molecule has 0 bridgehead atoms. The molecule has 0 aromatic carbocycles. The van der Waals surface area contributed by atoms with Gasteiger partial charge in [0.25, 0.3) is 0 Å². The second kappa shape index (κ2) is 4.94. The number of nitrogens with zero attached hydrogens (tertiary/aromatic N) is 3. The van der Waals surface area contributed by atoms with Gasteiger partial charge in [0, 0.05) is 12.6 Å². The highest BCUT2D eigenvalue weighted by molar-refractivity contribution is 4.92. The van der Waals surface area contributed by atoms with Gasteiger partial charge in [-0.05, 0) is 13.0 Å². The number of aliphatic hydroxyl groups is 1. The number of aliphatic hydroxyl groups excluding tert-OH is 1. The zero-order valence-electron chi connectivity index (χ0n) is 7.85. The first kappa shape index (κ1) is 10.1. The van der Waals surface area contributed by atoms with Crippen LogP contribution < -0.4 is 5.73 Å². The van der Waals surface area contributed by atoms with Gasteiger partial charge in [0.15, 0.2) is 0 Å². The van der Waals surface area contributed by atoms with Gasteiger partial charge < -0.3 is 10.8 Å². The second-order valence-electron chi connectivity index (χ2n) is 3.03. The molecule has 0 saturated heterocycles. The maximum Gasteiger partial charge on any atom is 0.0839 e. The van der Waals surface area contributed by atoms with Gasteiger partial charge in [0.1, 0.15) is 0 Å². The summed E-state index contributed by atoms with van der Waals surface area (Å²) < 4.78 is 1.65. The maximum atomic E-state index is 9.34. The molecule has 0 fully saturated rings. The van der Waals surface area contributed by atoms with Crippen molar-refractivity contribution in [1.29, 1.82) is 0 Å². The molecule has 1 heterocycles. The molecular weight excluding hydrogens is 168 g/mol. The fourth-order valence-corrected chi connectivity index (χ4v) is 1.04. The van der Waals surface area contributed by atoms with Crippen LogP contribution in [0.2, 0.25) is 0 Å². The molecule has 0 aliphatic rings. The SMILES string of the molecule is CCC(O)Cn1cc(CCN)nn1. The molecule has 0 radical (unpaired) electrons. The fourth-order valence-electron chi connectivity index (χ4n) is 1.04. The van der Waals surface area contributed by atoms with Crippen molar-refractivity contribution in [3.63, 3.8) is 0 Å². The molecule has 0 spiro atoms. The van der Waals surface area contributed by atoms with Gasteiger partial charge >= 0.3 is 0 Å². The van der Waals surface area contributed by atoms with Crippen molar-refractivity contribution in [2.24, 2.45) is 5.73 Å². The van der Waals surface area contributed by atoms with Crippen molar-refractivity contribution >= 4 is 0 Å². The Hall–Kier alpha value is -0.940. The van der Waals surface area contributed by atoms with Gasteiger partial charge in [-0.15, -0.1) is 5.10 Å². The molecule has 5 nitrogen and oxygen atoms in total. The average Bonchev–Trinajstić information content (AvgIpc) is 2.53. The highest BCUT2D eigenvalue weighted by Gasteiger charge is 2.04. The van der Waals surface area contributed by atoms with E-state index in [2.05, 4.69) is 10.3 Å². The Morgan fingerprint density at radius 1 is 1.69 bits per heavy atom. The van der Waals surface area contributed by atoms with Crippen LogP contribution in [0.3, 0.4) is 0 Å². The zero-order valence-corrected chi connectivity index (χ0v) is 7.85. The van der Waals surface area contributed by atoms with E-state index in [1.165, 1.54) is 0 Å². The Kier molecular flexibility index (Phi) is 3.85. The van der Waals surface area contributed by atoms with E-state index in [1.807, 2.05) is 13.1 Å². The Bertz CT molecular complexity index is 248. The lowest BCUT2D eigenvalue weighted by Gasteiger charge is -2.05. The summed E-state index contributed by atoms with van der Waals surface area (Å²) in [6.07, 6.45) is 2.95.